The number of ether oxygens (including phenoxy) is 1. The number of aliphatic carboxylic acids is 1. The highest BCUT2D eigenvalue weighted by molar-refractivity contribution is 5.79. The van der Waals surface area contributed by atoms with Gasteiger partial charge in [-0.1, -0.05) is 61.9 Å². The highest BCUT2D eigenvalue weighted by Crippen LogP contribution is 2.45. The van der Waals surface area contributed by atoms with Crippen LogP contribution in [-0.2, 0) is 14.3 Å². The average Bonchev–Trinajstić information content (AvgIpc) is 3.12. The number of carboxylic acids is 1. The number of benzene rings is 2. The third-order valence-corrected chi connectivity index (χ3v) is 7.19. The largest absolute Gasteiger partial charge is 0.481 e. The average molecular weight is 465 g/mol. The standard InChI is InChI=1S/C27H32N2O5/c1-2-18(14-24(30)28-17-27(12-7-13-27)15-25(31)32)29-26(33)34-16-23-21-10-5-3-8-19(21)20-9-4-6-11-22(20)23/h3-6,8-11,18,23H,2,7,12-17H2,1H3,(H,28,30)(H,29,33)(H,31,32). The molecule has 2 aromatic carbocycles. The number of hydrogen-bond acceptors (Lipinski definition) is 4. The second kappa shape index (κ2) is 10.3. The van der Waals surface area contributed by atoms with E-state index in [4.69, 9.17) is 9.84 Å². The highest BCUT2D eigenvalue weighted by atomic mass is 16.5. The number of rotatable bonds is 10. The van der Waals surface area contributed by atoms with Crippen molar-refractivity contribution in [3.8, 4) is 11.1 Å². The molecule has 0 aromatic heterocycles. The van der Waals surface area contributed by atoms with Crippen LogP contribution in [0.3, 0.4) is 0 Å². The van der Waals surface area contributed by atoms with Crippen molar-refractivity contribution < 1.29 is 24.2 Å². The van der Waals surface area contributed by atoms with Crippen molar-refractivity contribution in [1.29, 1.82) is 0 Å². The van der Waals surface area contributed by atoms with Crippen molar-refractivity contribution in [2.75, 3.05) is 13.2 Å². The molecule has 0 aliphatic heterocycles. The van der Waals surface area contributed by atoms with Gasteiger partial charge in [0.25, 0.3) is 0 Å². The van der Waals surface area contributed by atoms with Gasteiger partial charge in [0, 0.05) is 24.9 Å². The highest BCUT2D eigenvalue weighted by Gasteiger charge is 2.39. The van der Waals surface area contributed by atoms with Crippen LogP contribution in [0.25, 0.3) is 11.1 Å². The van der Waals surface area contributed by atoms with Crippen LogP contribution in [0.15, 0.2) is 48.5 Å². The van der Waals surface area contributed by atoms with Crippen molar-refractivity contribution in [3.63, 3.8) is 0 Å². The zero-order valence-electron chi connectivity index (χ0n) is 19.5. The SMILES string of the molecule is CCC(CC(=O)NCC1(CC(=O)O)CCC1)NC(=O)OCC1c2ccccc2-c2ccccc21. The lowest BCUT2D eigenvalue weighted by atomic mass is 9.66. The number of carbonyl (C=O) groups is 3. The van der Waals surface area contributed by atoms with Crippen LogP contribution >= 0.6 is 0 Å². The van der Waals surface area contributed by atoms with Crippen LogP contribution in [0, 0.1) is 5.41 Å². The Bertz CT molecular complexity index is 1020. The fourth-order valence-electron chi connectivity index (χ4n) is 5.10. The first-order chi connectivity index (χ1) is 16.4. The molecule has 1 unspecified atom stereocenters. The maximum absolute atomic E-state index is 12.5. The molecule has 180 valence electrons. The molecule has 2 aromatic rings. The molecule has 2 aliphatic rings. The summed E-state index contributed by atoms with van der Waals surface area (Å²) in [6.07, 6.45) is 2.86. The fourth-order valence-corrected chi connectivity index (χ4v) is 5.10. The summed E-state index contributed by atoms with van der Waals surface area (Å²) in [7, 11) is 0. The molecular formula is C27H32N2O5. The molecular weight excluding hydrogens is 432 g/mol. The van der Waals surface area contributed by atoms with Crippen LogP contribution in [-0.4, -0.2) is 42.3 Å². The molecule has 1 saturated carbocycles. The normalized spacial score (nSPS) is 16.5. The predicted octanol–water partition coefficient (Wildman–Crippen LogP) is 4.46. The molecule has 0 saturated heterocycles. The molecule has 1 fully saturated rings. The Morgan fingerprint density at radius 2 is 1.68 bits per heavy atom. The molecule has 3 N–H and O–H groups in total. The summed E-state index contributed by atoms with van der Waals surface area (Å²) in [5, 5.41) is 14.8. The van der Waals surface area contributed by atoms with Gasteiger partial charge in [-0.15, -0.1) is 0 Å². The van der Waals surface area contributed by atoms with E-state index in [0.29, 0.717) is 13.0 Å². The lowest BCUT2D eigenvalue weighted by molar-refractivity contribution is -0.141. The van der Waals surface area contributed by atoms with Crippen LogP contribution in [0.5, 0.6) is 0 Å². The van der Waals surface area contributed by atoms with Crippen LogP contribution in [0.2, 0.25) is 0 Å². The first-order valence-electron chi connectivity index (χ1n) is 12.0. The Kier molecular flexibility index (Phi) is 7.20. The molecule has 4 rings (SSSR count). The zero-order valence-corrected chi connectivity index (χ0v) is 19.5. The van der Waals surface area contributed by atoms with Gasteiger partial charge >= 0.3 is 12.1 Å². The Labute approximate surface area is 199 Å². The third-order valence-electron chi connectivity index (χ3n) is 7.19. The number of nitrogens with one attached hydrogen (secondary N) is 2. The minimum Gasteiger partial charge on any atom is -0.481 e. The van der Waals surface area contributed by atoms with Crippen LogP contribution < -0.4 is 10.6 Å². The predicted molar refractivity (Wildman–Crippen MR) is 128 cm³/mol. The molecule has 34 heavy (non-hydrogen) atoms. The topological polar surface area (TPSA) is 105 Å². The summed E-state index contributed by atoms with van der Waals surface area (Å²) < 4.78 is 5.59. The Hall–Kier alpha value is -3.35. The van der Waals surface area contributed by atoms with E-state index in [1.54, 1.807) is 0 Å². The molecule has 0 bridgehead atoms. The number of carboxylic acid groups (broad SMARTS) is 1. The maximum atomic E-state index is 12.5. The van der Waals surface area contributed by atoms with Gasteiger partial charge in [-0.25, -0.2) is 4.79 Å². The van der Waals surface area contributed by atoms with Gasteiger partial charge in [-0.2, -0.15) is 0 Å². The van der Waals surface area contributed by atoms with E-state index in [1.807, 2.05) is 31.2 Å². The molecule has 0 radical (unpaired) electrons. The van der Waals surface area contributed by atoms with Crippen LogP contribution in [0.4, 0.5) is 4.79 Å². The van der Waals surface area contributed by atoms with Crippen molar-refractivity contribution in [2.24, 2.45) is 5.41 Å². The molecule has 0 spiro atoms. The molecule has 7 nitrogen and oxygen atoms in total. The molecule has 1 atom stereocenters. The van der Waals surface area contributed by atoms with Gasteiger partial charge in [0.15, 0.2) is 0 Å². The quantitative estimate of drug-likeness (QED) is 0.482. The summed E-state index contributed by atoms with van der Waals surface area (Å²) in [5.74, 6) is -1.05. The number of fused-ring (bicyclic) bond motifs is 3. The lowest BCUT2D eigenvalue weighted by Gasteiger charge is -2.40. The molecule has 2 aliphatic carbocycles. The van der Waals surface area contributed by atoms with E-state index in [9.17, 15) is 14.4 Å². The zero-order chi connectivity index (χ0) is 24.1. The fraction of sp³-hybridized carbons (Fsp3) is 0.444. The van der Waals surface area contributed by atoms with Crippen molar-refractivity contribution in [1.82, 2.24) is 10.6 Å². The summed E-state index contributed by atoms with van der Waals surface area (Å²) >= 11 is 0. The van der Waals surface area contributed by atoms with E-state index in [-0.39, 0.29) is 42.7 Å². The van der Waals surface area contributed by atoms with Gasteiger partial charge in [-0.05, 0) is 46.9 Å². The monoisotopic (exact) mass is 464 g/mol. The van der Waals surface area contributed by atoms with Crippen molar-refractivity contribution in [2.45, 2.75) is 57.4 Å². The summed E-state index contributed by atoms with van der Waals surface area (Å²) in [6.45, 7) is 2.49. The Morgan fingerprint density at radius 1 is 1.06 bits per heavy atom. The van der Waals surface area contributed by atoms with Crippen molar-refractivity contribution in [3.05, 3.63) is 59.7 Å². The first-order valence-corrected chi connectivity index (χ1v) is 12.0. The number of carbonyl (C=O) groups excluding carboxylic acids is 2. The number of alkyl carbamates (subject to hydrolysis) is 1. The second-order valence-electron chi connectivity index (χ2n) is 9.48. The minimum absolute atomic E-state index is 0.0190. The summed E-state index contributed by atoms with van der Waals surface area (Å²) in [6, 6.07) is 16.0. The first kappa shape index (κ1) is 23.8. The molecule has 7 heteroatoms. The van der Waals surface area contributed by atoms with E-state index in [0.717, 1.165) is 30.4 Å². The van der Waals surface area contributed by atoms with Gasteiger partial charge in [-0.3, -0.25) is 9.59 Å². The summed E-state index contributed by atoms with van der Waals surface area (Å²) in [5.41, 5.74) is 4.30. The van der Waals surface area contributed by atoms with Crippen LogP contribution in [0.1, 0.15) is 62.5 Å². The maximum Gasteiger partial charge on any atom is 0.407 e. The lowest BCUT2D eigenvalue weighted by Crippen LogP contribution is -2.45. The molecule has 0 heterocycles. The number of hydrogen-bond donors (Lipinski definition) is 3. The van der Waals surface area contributed by atoms with Gasteiger partial charge < -0.3 is 20.5 Å². The van der Waals surface area contributed by atoms with E-state index in [2.05, 4.69) is 34.9 Å². The van der Waals surface area contributed by atoms with E-state index < -0.39 is 12.1 Å². The smallest absolute Gasteiger partial charge is 0.407 e. The van der Waals surface area contributed by atoms with Gasteiger partial charge in [0.2, 0.25) is 5.91 Å². The Balaban J connectivity index is 1.28. The number of amides is 2. The Morgan fingerprint density at radius 3 is 2.21 bits per heavy atom. The van der Waals surface area contributed by atoms with Crippen molar-refractivity contribution >= 4 is 18.0 Å². The molecule has 2 amide bonds. The minimum atomic E-state index is -0.836. The van der Waals surface area contributed by atoms with Gasteiger partial charge in [0.05, 0.1) is 6.42 Å². The second-order valence-corrected chi connectivity index (χ2v) is 9.48. The van der Waals surface area contributed by atoms with E-state index >= 15 is 0 Å². The van der Waals surface area contributed by atoms with Gasteiger partial charge in [0.1, 0.15) is 6.61 Å². The van der Waals surface area contributed by atoms with E-state index in [1.165, 1.54) is 11.1 Å². The summed E-state index contributed by atoms with van der Waals surface area (Å²) in [4.78, 5) is 36.1. The third kappa shape index (κ3) is 5.24.